The minimum absolute atomic E-state index is 0.212. The maximum absolute atomic E-state index is 5.83. The second-order valence-electron chi connectivity index (χ2n) is 5.50. The quantitative estimate of drug-likeness (QED) is 0.815. The van der Waals surface area contributed by atoms with E-state index in [1.807, 2.05) is 30.3 Å². The minimum atomic E-state index is 0.212. The van der Waals surface area contributed by atoms with Crippen molar-refractivity contribution in [2.75, 3.05) is 13.2 Å². The summed E-state index contributed by atoms with van der Waals surface area (Å²) in [6.45, 7) is 10.7. The number of hydrogen-bond donors (Lipinski definition) is 1. The molecule has 0 spiro atoms. The summed E-state index contributed by atoms with van der Waals surface area (Å²) in [4.78, 5) is 0. The van der Waals surface area contributed by atoms with Crippen LogP contribution in [0.3, 0.4) is 0 Å². The summed E-state index contributed by atoms with van der Waals surface area (Å²) >= 11 is 0. The number of ether oxygens (including phenoxy) is 1. The van der Waals surface area contributed by atoms with Crippen molar-refractivity contribution < 1.29 is 4.74 Å². The molecule has 17 heavy (non-hydrogen) atoms. The van der Waals surface area contributed by atoms with Crippen molar-refractivity contribution in [1.29, 1.82) is 0 Å². The number of rotatable bonds is 6. The molecule has 0 aliphatic carbocycles. The predicted octanol–water partition coefficient (Wildman–Crippen LogP) is 3.48. The Morgan fingerprint density at radius 1 is 1.18 bits per heavy atom. The molecule has 0 aliphatic rings. The second kappa shape index (κ2) is 6.65. The smallest absolute Gasteiger partial charge is 0.119 e. The van der Waals surface area contributed by atoms with Crippen molar-refractivity contribution in [1.82, 2.24) is 5.32 Å². The van der Waals surface area contributed by atoms with E-state index < -0.39 is 0 Å². The Kier molecular flexibility index (Phi) is 5.49. The molecule has 1 aromatic carbocycles. The van der Waals surface area contributed by atoms with Gasteiger partial charge in [-0.25, -0.2) is 0 Å². The van der Waals surface area contributed by atoms with E-state index in [0.717, 1.165) is 18.7 Å². The normalized spacial score (nSPS) is 13.4. The molecule has 0 aliphatic heterocycles. The first kappa shape index (κ1) is 14.0. The standard InChI is InChI=1S/C15H25NO/c1-5-11-16-14(15(2,3)4)12-17-13-9-7-6-8-10-13/h6-10,14,16H,5,11-12H2,1-4H3. The zero-order chi connectivity index (χ0) is 12.7. The van der Waals surface area contributed by atoms with Gasteiger partial charge in [-0.05, 0) is 30.5 Å². The van der Waals surface area contributed by atoms with E-state index in [4.69, 9.17) is 4.74 Å². The van der Waals surface area contributed by atoms with Crippen LogP contribution in [0.4, 0.5) is 0 Å². The predicted molar refractivity (Wildman–Crippen MR) is 73.5 cm³/mol. The Labute approximate surface area is 105 Å². The highest BCUT2D eigenvalue weighted by molar-refractivity contribution is 5.21. The topological polar surface area (TPSA) is 21.3 Å². The number of hydrogen-bond acceptors (Lipinski definition) is 2. The monoisotopic (exact) mass is 235 g/mol. The molecular weight excluding hydrogens is 210 g/mol. The summed E-state index contributed by atoms with van der Waals surface area (Å²) in [7, 11) is 0. The van der Waals surface area contributed by atoms with Crippen LogP contribution in [0.25, 0.3) is 0 Å². The molecule has 1 rings (SSSR count). The van der Waals surface area contributed by atoms with Crippen LogP contribution >= 0.6 is 0 Å². The third kappa shape index (κ3) is 5.22. The number of benzene rings is 1. The highest BCUT2D eigenvalue weighted by Crippen LogP contribution is 2.20. The summed E-state index contributed by atoms with van der Waals surface area (Å²) in [6, 6.07) is 10.4. The van der Waals surface area contributed by atoms with Crippen LogP contribution in [0.5, 0.6) is 5.75 Å². The summed E-state index contributed by atoms with van der Waals surface area (Å²) in [5.41, 5.74) is 0.212. The molecule has 0 fully saturated rings. The van der Waals surface area contributed by atoms with Gasteiger partial charge in [-0.2, -0.15) is 0 Å². The Balaban J connectivity index is 2.49. The van der Waals surface area contributed by atoms with Gasteiger partial charge < -0.3 is 10.1 Å². The Morgan fingerprint density at radius 2 is 1.82 bits per heavy atom. The van der Waals surface area contributed by atoms with Gasteiger partial charge in [0.25, 0.3) is 0 Å². The molecule has 2 heteroatoms. The fourth-order valence-corrected chi connectivity index (χ4v) is 1.63. The first-order chi connectivity index (χ1) is 8.04. The van der Waals surface area contributed by atoms with E-state index in [-0.39, 0.29) is 5.41 Å². The summed E-state index contributed by atoms with van der Waals surface area (Å²) < 4.78 is 5.83. The molecule has 1 atom stereocenters. The average molecular weight is 235 g/mol. The lowest BCUT2D eigenvalue weighted by Crippen LogP contribution is -2.45. The zero-order valence-electron chi connectivity index (χ0n) is 11.5. The molecule has 1 aromatic rings. The SMILES string of the molecule is CCCNC(COc1ccccc1)C(C)(C)C. The van der Waals surface area contributed by atoms with Crippen molar-refractivity contribution in [2.45, 2.75) is 40.2 Å². The maximum Gasteiger partial charge on any atom is 0.119 e. The fourth-order valence-electron chi connectivity index (χ4n) is 1.63. The van der Waals surface area contributed by atoms with E-state index in [1.54, 1.807) is 0 Å². The minimum Gasteiger partial charge on any atom is -0.492 e. The van der Waals surface area contributed by atoms with Crippen LogP contribution in [0.2, 0.25) is 0 Å². The molecule has 0 saturated carbocycles. The Hall–Kier alpha value is -1.02. The molecule has 0 radical (unpaired) electrons. The van der Waals surface area contributed by atoms with Crippen LogP contribution < -0.4 is 10.1 Å². The lowest BCUT2D eigenvalue weighted by Gasteiger charge is -2.31. The summed E-state index contributed by atoms with van der Waals surface area (Å²) in [5.74, 6) is 0.944. The lowest BCUT2D eigenvalue weighted by molar-refractivity contribution is 0.174. The van der Waals surface area contributed by atoms with Crippen molar-refractivity contribution in [3.05, 3.63) is 30.3 Å². The molecule has 1 N–H and O–H groups in total. The van der Waals surface area contributed by atoms with Gasteiger partial charge in [-0.3, -0.25) is 0 Å². The van der Waals surface area contributed by atoms with Gasteiger partial charge in [0.15, 0.2) is 0 Å². The molecule has 1 unspecified atom stereocenters. The van der Waals surface area contributed by atoms with Gasteiger partial charge in [-0.15, -0.1) is 0 Å². The van der Waals surface area contributed by atoms with Crippen molar-refractivity contribution in [3.8, 4) is 5.75 Å². The van der Waals surface area contributed by atoms with Crippen molar-refractivity contribution >= 4 is 0 Å². The third-order valence-electron chi connectivity index (χ3n) is 2.85. The van der Waals surface area contributed by atoms with Crippen LogP contribution in [0.15, 0.2) is 30.3 Å². The van der Waals surface area contributed by atoms with E-state index in [9.17, 15) is 0 Å². The molecule has 96 valence electrons. The third-order valence-corrected chi connectivity index (χ3v) is 2.85. The van der Waals surface area contributed by atoms with E-state index in [2.05, 4.69) is 33.0 Å². The molecule has 0 aromatic heterocycles. The lowest BCUT2D eigenvalue weighted by atomic mass is 9.87. The fraction of sp³-hybridized carbons (Fsp3) is 0.600. The number of nitrogens with one attached hydrogen (secondary N) is 1. The van der Waals surface area contributed by atoms with Crippen LogP contribution in [0, 0.1) is 5.41 Å². The first-order valence-corrected chi connectivity index (χ1v) is 6.45. The summed E-state index contributed by atoms with van der Waals surface area (Å²) in [6.07, 6.45) is 1.15. The first-order valence-electron chi connectivity index (χ1n) is 6.45. The molecule has 0 amide bonds. The van der Waals surface area contributed by atoms with Gasteiger partial charge >= 0.3 is 0 Å². The molecule has 0 bridgehead atoms. The van der Waals surface area contributed by atoms with Gasteiger partial charge in [-0.1, -0.05) is 45.9 Å². The highest BCUT2D eigenvalue weighted by Gasteiger charge is 2.24. The van der Waals surface area contributed by atoms with Crippen molar-refractivity contribution in [3.63, 3.8) is 0 Å². The molecule has 0 saturated heterocycles. The van der Waals surface area contributed by atoms with Crippen molar-refractivity contribution in [2.24, 2.45) is 5.41 Å². The number of para-hydroxylation sites is 1. The van der Waals surface area contributed by atoms with Gasteiger partial charge in [0, 0.05) is 6.04 Å². The van der Waals surface area contributed by atoms with Gasteiger partial charge in [0.1, 0.15) is 12.4 Å². The Morgan fingerprint density at radius 3 is 2.35 bits per heavy atom. The highest BCUT2D eigenvalue weighted by atomic mass is 16.5. The van der Waals surface area contributed by atoms with E-state index >= 15 is 0 Å². The molecule has 0 heterocycles. The largest absolute Gasteiger partial charge is 0.492 e. The molecule has 2 nitrogen and oxygen atoms in total. The average Bonchev–Trinajstić information content (AvgIpc) is 2.29. The Bertz CT molecular complexity index is 302. The second-order valence-corrected chi connectivity index (χ2v) is 5.50. The maximum atomic E-state index is 5.83. The molecular formula is C15H25NO. The van der Waals surface area contributed by atoms with Crippen LogP contribution in [0.1, 0.15) is 34.1 Å². The van der Waals surface area contributed by atoms with Crippen LogP contribution in [-0.4, -0.2) is 19.2 Å². The van der Waals surface area contributed by atoms with E-state index in [1.165, 1.54) is 0 Å². The van der Waals surface area contributed by atoms with Crippen LogP contribution in [-0.2, 0) is 0 Å². The zero-order valence-corrected chi connectivity index (χ0v) is 11.5. The summed E-state index contributed by atoms with van der Waals surface area (Å²) in [5, 5.41) is 3.55. The van der Waals surface area contributed by atoms with E-state index in [0.29, 0.717) is 12.6 Å². The van der Waals surface area contributed by atoms with Gasteiger partial charge in [0.2, 0.25) is 0 Å². The van der Waals surface area contributed by atoms with Gasteiger partial charge in [0.05, 0.1) is 0 Å².